The summed E-state index contributed by atoms with van der Waals surface area (Å²) in [7, 11) is 0. The molecule has 3 N–H and O–H groups in total. The van der Waals surface area contributed by atoms with Crippen molar-refractivity contribution in [1.82, 2.24) is 5.32 Å². The molecule has 0 heterocycles. The van der Waals surface area contributed by atoms with Crippen molar-refractivity contribution >= 4 is 34.9 Å². The molecule has 0 aliphatic carbocycles. The Kier molecular flexibility index (Phi) is 5.60. The molecule has 120 valence electrons. The van der Waals surface area contributed by atoms with Gasteiger partial charge in [0.15, 0.2) is 0 Å². The van der Waals surface area contributed by atoms with Crippen LogP contribution in [0.3, 0.4) is 0 Å². The summed E-state index contributed by atoms with van der Waals surface area (Å²) in [6.07, 6.45) is 0. The van der Waals surface area contributed by atoms with Gasteiger partial charge in [-0.3, -0.25) is 4.79 Å². The van der Waals surface area contributed by atoms with E-state index < -0.39 is 6.03 Å². The van der Waals surface area contributed by atoms with E-state index in [9.17, 15) is 9.59 Å². The first-order chi connectivity index (χ1) is 11.0. The van der Waals surface area contributed by atoms with Crippen LogP contribution in [0.4, 0.5) is 16.2 Å². The average Bonchev–Trinajstić information content (AvgIpc) is 2.49. The van der Waals surface area contributed by atoms with E-state index in [0.717, 1.165) is 0 Å². The molecule has 0 fully saturated rings. The average molecular weight is 332 g/mol. The van der Waals surface area contributed by atoms with Gasteiger partial charge in [0.1, 0.15) is 0 Å². The van der Waals surface area contributed by atoms with Crippen molar-refractivity contribution in [1.29, 1.82) is 0 Å². The molecule has 2 aromatic carbocycles. The number of urea groups is 1. The fraction of sp³-hybridized carbons (Fsp3) is 0.176. The highest BCUT2D eigenvalue weighted by Gasteiger charge is 2.13. The van der Waals surface area contributed by atoms with Crippen molar-refractivity contribution in [3.63, 3.8) is 0 Å². The Balaban J connectivity index is 2.08. The minimum atomic E-state index is -0.433. The van der Waals surface area contributed by atoms with Gasteiger partial charge in [-0.05, 0) is 50.2 Å². The van der Waals surface area contributed by atoms with Gasteiger partial charge in [-0.2, -0.15) is 0 Å². The smallest absolute Gasteiger partial charge is 0.323 e. The van der Waals surface area contributed by atoms with Gasteiger partial charge in [0, 0.05) is 16.8 Å². The quantitative estimate of drug-likeness (QED) is 0.788. The first-order valence-electron chi connectivity index (χ1n) is 7.19. The number of halogens is 1. The highest BCUT2D eigenvalue weighted by Crippen LogP contribution is 2.17. The number of anilines is 2. The maximum atomic E-state index is 12.2. The van der Waals surface area contributed by atoms with Crippen LogP contribution in [-0.4, -0.2) is 18.0 Å². The second kappa shape index (κ2) is 7.65. The molecule has 5 nitrogen and oxygen atoms in total. The van der Waals surface area contributed by atoms with Crippen molar-refractivity contribution < 1.29 is 9.59 Å². The lowest BCUT2D eigenvalue weighted by molar-refractivity contribution is 0.0944. The minimum Gasteiger partial charge on any atom is -0.350 e. The van der Waals surface area contributed by atoms with E-state index in [0.29, 0.717) is 22.0 Å². The fourth-order valence-electron chi connectivity index (χ4n) is 1.95. The lowest BCUT2D eigenvalue weighted by atomic mass is 10.1. The van der Waals surface area contributed by atoms with Gasteiger partial charge < -0.3 is 16.0 Å². The Morgan fingerprint density at radius 1 is 0.957 bits per heavy atom. The van der Waals surface area contributed by atoms with Gasteiger partial charge in [-0.25, -0.2) is 4.79 Å². The summed E-state index contributed by atoms with van der Waals surface area (Å²) < 4.78 is 0. The summed E-state index contributed by atoms with van der Waals surface area (Å²) in [6.45, 7) is 3.75. The first-order valence-corrected chi connectivity index (χ1v) is 7.57. The van der Waals surface area contributed by atoms with E-state index >= 15 is 0 Å². The van der Waals surface area contributed by atoms with Crippen LogP contribution >= 0.6 is 11.6 Å². The van der Waals surface area contributed by atoms with Crippen LogP contribution in [0.1, 0.15) is 24.2 Å². The third kappa shape index (κ3) is 5.00. The maximum absolute atomic E-state index is 12.2. The first kappa shape index (κ1) is 16.8. The Morgan fingerprint density at radius 3 is 2.26 bits per heavy atom. The lowest BCUT2D eigenvalue weighted by Gasteiger charge is -2.13. The predicted molar refractivity (Wildman–Crippen MR) is 93.1 cm³/mol. The van der Waals surface area contributed by atoms with E-state index in [1.807, 2.05) is 13.8 Å². The van der Waals surface area contributed by atoms with Crippen molar-refractivity contribution in [3.8, 4) is 0 Å². The molecule has 23 heavy (non-hydrogen) atoms. The van der Waals surface area contributed by atoms with Gasteiger partial charge in [0.05, 0.1) is 11.3 Å². The molecule has 0 atom stereocenters. The number of hydrogen-bond donors (Lipinski definition) is 3. The van der Waals surface area contributed by atoms with E-state index in [-0.39, 0.29) is 11.9 Å². The lowest BCUT2D eigenvalue weighted by Crippen LogP contribution is -2.31. The number of benzene rings is 2. The second-order valence-corrected chi connectivity index (χ2v) is 5.70. The number of hydrogen-bond acceptors (Lipinski definition) is 2. The predicted octanol–water partition coefficient (Wildman–Crippen LogP) is 4.12. The zero-order chi connectivity index (χ0) is 16.8. The van der Waals surface area contributed by atoms with Crippen molar-refractivity contribution in [2.24, 2.45) is 0 Å². The van der Waals surface area contributed by atoms with Gasteiger partial charge in [0.25, 0.3) is 5.91 Å². The standard InChI is InChI=1S/C17H18ClN3O2/c1-11(2)19-16(22)14-5-3-4-6-15(14)21-17(23)20-13-9-7-12(18)8-10-13/h3-11H,1-2H3,(H,19,22)(H2,20,21,23). The van der Waals surface area contributed by atoms with E-state index in [2.05, 4.69) is 16.0 Å². The minimum absolute atomic E-state index is 0.0125. The van der Waals surface area contributed by atoms with Gasteiger partial charge >= 0.3 is 6.03 Å². The summed E-state index contributed by atoms with van der Waals surface area (Å²) in [4.78, 5) is 24.2. The van der Waals surface area contributed by atoms with Crippen LogP contribution in [0.2, 0.25) is 5.02 Å². The summed E-state index contributed by atoms with van der Waals surface area (Å²) in [5.74, 6) is -0.234. The third-order valence-corrected chi connectivity index (χ3v) is 3.19. The maximum Gasteiger partial charge on any atom is 0.323 e. The molecule has 0 aliphatic rings. The van der Waals surface area contributed by atoms with Crippen LogP contribution in [-0.2, 0) is 0 Å². The monoisotopic (exact) mass is 331 g/mol. The van der Waals surface area contributed by atoms with Crippen LogP contribution < -0.4 is 16.0 Å². The molecule has 2 aromatic rings. The molecule has 0 radical (unpaired) electrons. The normalized spacial score (nSPS) is 10.3. The van der Waals surface area contributed by atoms with E-state index in [1.165, 1.54) is 0 Å². The van der Waals surface area contributed by atoms with Gasteiger partial charge in [-0.1, -0.05) is 23.7 Å². The molecule has 2 rings (SSSR count). The Morgan fingerprint density at radius 2 is 1.61 bits per heavy atom. The molecule has 6 heteroatoms. The molecular formula is C17H18ClN3O2. The zero-order valence-electron chi connectivity index (χ0n) is 12.9. The number of rotatable bonds is 4. The molecule has 3 amide bonds. The summed E-state index contributed by atoms with van der Waals surface area (Å²) in [5, 5.41) is 8.76. The van der Waals surface area contributed by atoms with Gasteiger partial charge in [-0.15, -0.1) is 0 Å². The van der Waals surface area contributed by atoms with E-state index in [4.69, 9.17) is 11.6 Å². The Labute approximate surface area is 140 Å². The highest BCUT2D eigenvalue weighted by molar-refractivity contribution is 6.30. The summed E-state index contributed by atoms with van der Waals surface area (Å²) in [6, 6.07) is 13.2. The van der Waals surface area contributed by atoms with Crippen molar-refractivity contribution in [3.05, 3.63) is 59.1 Å². The van der Waals surface area contributed by atoms with Crippen molar-refractivity contribution in [2.75, 3.05) is 10.6 Å². The summed E-state index contributed by atoms with van der Waals surface area (Å²) in [5.41, 5.74) is 1.46. The molecular weight excluding hydrogens is 314 g/mol. The molecule has 0 spiro atoms. The Bertz CT molecular complexity index is 699. The molecule has 0 unspecified atom stereocenters. The topological polar surface area (TPSA) is 70.2 Å². The molecule has 0 bridgehead atoms. The van der Waals surface area contributed by atoms with Crippen LogP contribution in [0.15, 0.2) is 48.5 Å². The largest absolute Gasteiger partial charge is 0.350 e. The number of amides is 3. The van der Waals surface area contributed by atoms with Gasteiger partial charge in [0.2, 0.25) is 0 Å². The summed E-state index contributed by atoms with van der Waals surface area (Å²) >= 11 is 5.80. The molecule has 0 aliphatic heterocycles. The Hall–Kier alpha value is -2.53. The SMILES string of the molecule is CC(C)NC(=O)c1ccccc1NC(=O)Nc1ccc(Cl)cc1. The number of para-hydroxylation sites is 1. The number of carbonyl (C=O) groups excluding carboxylic acids is 2. The molecule has 0 aromatic heterocycles. The fourth-order valence-corrected chi connectivity index (χ4v) is 2.07. The van der Waals surface area contributed by atoms with Crippen LogP contribution in [0, 0.1) is 0 Å². The van der Waals surface area contributed by atoms with Crippen LogP contribution in [0.25, 0.3) is 0 Å². The van der Waals surface area contributed by atoms with Crippen molar-refractivity contribution in [2.45, 2.75) is 19.9 Å². The van der Waals surface area contributed by atoms with E-state index in [1.54, 1.807) is 48.5 Å². The third-order valence-electron chi connectivity index (χ3n) is 2.94. The number of carbonyl (C=O) groups is 2. The zero-order valence-corrected chi connectivity index (χ0v) is 13.6. The second-order valence-electron chi connectivity index (χ2n) is 5.26. The molecule has 0 saturated heterocycles. The highest BCUT2D eigenvalue weighted by atomic mass is 35.5. The number of nitrogens with one attached hydrogen (secondary N) is 3. The van der Waals surface area contributed by atoms with Crippen LogP contribution in [0.5, 0.6) is 0 Å². The molecule has 0 saturated carbocycles.